The molecule has 5 nitrogen and oxygen atoms in total. The summed E-state index contributed by atoms with van der Waals surface area (Å²) in [5.74, 6) is 1.72. The lowest BCUT2D eigenvalue weighted by Gasteiger charge is -2.38. The minimum atomic E-state index is -4.53. The Balaban J connectivity index is 1.56. The normalized spacial score (nSPS) is 17.2. The summed E-state index contributed by atoms with van der Waals surface area (Å²) in [6.07, 6.45) is -4.29. The number of anilines is 1. The van der Waals surface area contributed by atoms with Crippen LogP contribution >= 0.6 is 11.6 Å². The molecule has 1 aliphatic rings. The van der Waals surface area contributed by atoms with E-state index in [4.69, 9.17) is 21.1 Å². The summed E-state index contributed by atoms with van der Waals surface area (Å²) in [5.41, 5.74) is -0.260. The summed E-state index contributed by atoms with van der Waals surface area (Å²) >= 11 is 5.94. The van der Waals surface area contributed by atoms with Crippen LogP contribution in [0, 0.1) is 0 Å². The van der Waals surface area contributed by atoms with Crippen LogP contribution in [0.3, 0.4) is 0 Å². The van der Waals surface area contributed by atoms with Crippen molar-refractivity contribution in [2.45, 2.75) is 18.1 Å². The van der Waals surface area contributed by atoms with Gasteiger partial charge in [0.25, 0.3) is 0 Å². The SMILES string of the molecule is COc1cccc(CC2(c3cccc(C(F)(F)F)c3)CNC(=O)N2c2ccc(Oc3ccc(Cl)cc3)cc2)c1. The monoisotopic (exact) mass is 552 g/mol. The average Bonchev–Trinajstić information content (AvgIpc) is 3.26. The number of carbonyl (C=O) groups is 1. The van der Waals surface area contributed by atoms with Gasteiger partial charge in [-0.1, -0.05) is 35.9 Å². The first-order valence-corrected chi connectivity index (χ1v) is 12.5. The summed E-state index contributed by atoms with van der Waals surface area (Å²) in [5, 5.41) is 3.44. The molecule has 0 bridgehead atoms. The molecule has 1 saturated heterocycles. The van der Waals surface area contributed by atoms with Gasteiger partial charge in [-0.05, 0) is 83.9 Å². The van der Waals surface area contributed by atoms with E-state index in [-0.39, 0.29) is 13.0 Å². The van der Waals surface area contributed by atoms with Crippen LogP contribution < -0.4 is 19.7 Å². The van der Waals surface area contributed by atoms with Crippen molar-refractivity contribution in [2.75, 3.05) is 18.6 Å². The summed E-state index contributed by atoms with van der Waals surface area (Å²) in [7, 11) is 1.54. The molecule has 4 aromatic rings. The van der Waals surface area contributed by atoms with Gasteiger partial charge in [0.1, 0.15) is 17.2 Å². The summed E-state index contributed by atoms with van der Waals surface area (Å²) < 4.78 is 52.4. The lowest BCUT2D eigenvalue weighted by Crippen LogP contribution is -2.47. The second-order valence-corrected chi connectivity index (χ2v) is 9.62. The number of hydrogen-bond acceptors (Lipinski definition) is 3. The maximum atomic E-state index is 13.7. The quantitative estimate of drug-likeness (QED) is 0.254. The predicted octanol–water partition coefficient (Wildman–Crippen LogP) is 7.83. The van der Waals surface area contributed by atoms with Crippen LogP contribution in [0.25, 0.3) is 0 Å². The van der Waals surface area contributed by atoms with E-state index in [0.717, 1.165) is 17.7 Å². The molecule has 5 rings (SSSR count). The zero-order valence-electron chi connectivity index (χ0n) is 20.8. The van der Waals surface area contributed by atoms with Crippen LogP contribution in [0.4, 0.5) is 23.7 Å². The van der Waals surface area contributed by atoms with Gasteiger partial charge in [0.15, 0.2) is 0 Å². The molecule has 39 heavy (non-hydrogen) atoms. The number of alkyl halides is 3. The molecule has 200 valence electrons. The van der Waals surface area contributed by atoms with E-state index in [1.807, 2.05) is 18.2 Å². The molecule has 1 heterocycles. The van der Waals surface area contributed by atoms with E-state index in [0.29, 0.717) is 33.5 Å². The van der Waals surface area contributed by atoms with Crippen molar-refractivity contribution in [3.63, 3.8) is 0 Å². The summed E-state index contributed by atoms with van der Waals surface area (Å²) in [6, 6.07) is 25.7. The number of halogens is 4. The molecule has 0 aromatic heterocycles. The topological polar surface area (TPSA) is 50.8 Å². The van der Waals surface area contributed by atoms with Crippen LogP contribution in [0.2, 0.25) is 5.02 Å². The molecule has 0 radical (unpaired) electrons. The molecule has 4 aromatic carbocycles. The highest BCUT2D eigenvalue weighted by Crippen LogP contribution is 2.42. The van der Waals surface area contributed by atoms with Gasteiger partial charge in [-0.15, -0.1) is 0 Å². The zero-order valence-corrected chi connectivity index (χ0v) is 21.6. The van der Waals surface area contributed by atoms with Gasteiger partial charge < -0.3 is 14.8 Å². The molecule has 9 heteroatoms. The van der Waals surface area contributed by atoms with E-state index >= 15 is 0 Å². The first kappa shape index (κ1) is 26.4. The Morgan fingerprint density at radius 1 is 0.897 bits per heavy atom. The van der Waals surface area contributed by atoms with E-state index < -0.39 is 23.3 Å². The number of urea groups is 1. The fourth-order valence-corrected chi connectivity index (χ4v) is 4.95. The third kappa shape index (κ3) is 5.52. The number of hydrogen-bond donors (Lipinski definition) is 1. The first-order valence-electron chi connectivity index (χ1n) is 12.1. The van der Waals surface area contributed by atoms with Crippen molar-refractivity contribution in [1.29, 1.82) is 0 Å². The number of amides is 2. The van der Waals surface area contributed by atoms with Crippen molar-refractivity contribution >= 4 is 23.3 Å². The van der Waals surface area contributed by atoms with Gasteiger partial charge in [-0.3, -0.25) is 4.90 Å². The highest BCUT2D eigenvalue weighted by Gasteiger charge is 2.48. The molecule has 0 saturated carbocycles. The highest BCUT2D eigenvalue weighted by molar-refractivity contribution is 6.30. The predicted molar refractivity (Wildman–Crippen MR) is 144 cm³/mol. The van der Waals surface area contributed by atoms with Gasteiger partial charge >= 0.3 is 12.2 Å². The number of rotatable bonds is 7. The number of ether oxygens (including phenoxy) is 2. The van der Waals surface area contributed by atoms with Gasteiger partial charge in [0.2, 0.25) is 0 Å². The van der Waals surface area contributed by atoms with Crippen molar-refractivity contribution in [1.82, 2.24) is 5.32 Å². The Morgan fingerprint density at radius 2 is 1.56 bits per heavy atom. The van der Waals surface area contributed by atoms with E-state index in [9.17, 15) is 18.0 Å². The molecule has 1 unspecified atom stereocenters. The van der Waals surface area contributed by atoms with Crippen molar-refractivity contribution in [3.8, 4) is 17.2 Å². The summed E-state index contributed by atoms with van der Waals surface area (Å²) in [6.45, 7) is 0.105. The van der Waals surface area contributed by atoms with Gasteiger partial charge in [-0.25, -0.2) is 4.79 Å². The van der Waals surface area contributed by atoms with Crippen LogP contribution in [0.5, 0.6) is 17.2 Å². The Hall–Kier alpha value is -4.17. The maximum absolute atomic E-state index is 13.7. The second-order valence-electron chi connectivity index (χ2n) is 9.18. The number of nitrogens with one attached hydrogen (secondary N) is 1. The minimum Gasteiger partial charge on any atom is -0.497 e. The van der Waals surface area contributed by atoms with Crippen molar-refractivity contribution in [3.05, 3.63) is 119 Å². The third-order valence-electron chi connectivity index (χ3n) is 6.67. The second kappa shape index (κ2) is 10.5. The molecule has 2 amide bonds. The zero-order chi connectivity index (χ0) is 27.6. The molecule has 1 aliphatic heterocycles. The third-order valence-corrected chi connectivity index (χ3v) is 6.92. The van der Waals surface area contributed by atoms with Gasteiger partial charge in [0.05, 0.1) is 18.2 Å². The molecule has 1 atom stereocenters. The molecular formula is C30H24ClF3N2O3. The largest absolute Gasteiger partial charge is 0.497 e. The molecule has 1 N–H and O–H groups in total. The Bertz CT molecular complexity index is 1480. The minimum absolute atomic E-state index is 0.105. The molecule has 0 aliphatic carbocycles. The number of benzene rings is 4. The van der Waals surface area contributed by atoms with Gasteiger partial charge in [-0.2, -0.15) is 13.2 Å². The Labute approximate surface area is 228 Å². The molecule has 1 fully saturated rings. The molecular weight excluding hydrogens is 529 g/mol. The Morgan fingerprint density at radius 3 is 2.23 bits per heavy atom. The maximum Gasteiger partial charge on any atom is 0.416 e. The first-order chi connectivity index (χ1) is 18.7. The van der Waals surface area contributed by atoms with E-state index in [1.54, 1.807) is 67.8 Å². The van der Waals surface area contributed by atoms with Crippen molar-refractivity contribution in [2.24, 2.45) is 0 Å². The number of carbonyl (C=O) groups excluding carboxylic acids is 1. The van der Waals surface area contributed by atoms with E-state index in [2.05, 4.69) is 5.32 Å². The smallest absolute Gasteiger partial charge is 0.416 e. The van der Waals surface area contributed by atoms with Crippen LogP contribution in [0.15, 0.2) is 97.1 Å². The average molecular weight is 553 g/mol. The fraction of sp³-hybridized carbons (Fsp3) is 0.167. The summed E-state index contributed by atoms with van der Waals surface area (Å²) in [4.78, 5) is 14.8. The molecule has 0 spiro atoms. The number of nitrogens with zero attached hydrogens (tertiary/aromatic N) is 1. The van der Waals surface area contributed by atoms with E-state index in [1.165, 1.54) is 11.0 Å². The highest BCUT2D eigenvalue weighted by atomic mass is 35.5. The van der Waals surface area contributed by atoms with Crippen LogP contribution in [-0.2, 0) is 18.1 Å². The lowest BCUT2D eigenvalue weighted by atomic mass is 9.82. The Kier molecular flexibility index (Phi) is 7.14. The van der Waals surface area contributed by atoms with Crippen LogP contribution in [0.1, 0.15) is 16.7 Å². The van der Waals surface area contributed by atoms with Gasteiger partial charge in [0, 0.05) is 23.7 Å². The lowest BCUT2D eigenvalue weighted by molar-refractivity contribution is -0.137. The standard InChI is InChI=1S/C30H24ClF3N2O3/c1-38-27-7-2-4-20(16-27)18-29(21-5-3-6-22(17-21)30(32,33)34)19-35-28(37)36(29)24-10-14-26(15-11-24)39-25-12-8-23(31)9-13-25/h2-17H,18-19H2,1H3,(H,35,37). The van der Waals surface area contributed by atoms with Crippen LogP contribution in [-0.4, -0.2) is 19.7 Å². The fourth-order valence-electron chi connectivity index (χ4n) is 4.82. The number of methoxy groups -OCH3 is 1. The van der Waals surface area contributed by atoms with Crippen molar-refractivity contribution < 1.29 is 27.4 Å².